The van der Waals surface area contributed by atoms with Gasteiger partial charge in [0.05, 0.1) is 11.9 Å². The van der Waals surface area contributed by atoms with Crippen LogP contribution in [0.5, 0.6) is 0 Å². The number of carbonyl (C=O) groups is 1. The van der Waals surface area contributed by atoms with E-state index in [2.05, 4.69) is 46.0 Å². The number of amides is 1. The quantitative estimate of drug-likeness (QED) is 0.231. The summed E-state index contributed by atoms with van der Waals surface area (Å²) in [5.41, 5.74) is 9.39. The Bertz CT molecular complexity index is 1230. The van der Waals surface area contributed by atoms with Crippen molar-refractivity contribution in [3.05, 3.63) is 52.6 Å². The van der Waals surface area contributed by atoms with Crippen LogP contribution in [0.3, 0.4) is 0 Å². The third kappa shape index (κ3) is 4.54. The van der Waals surface area contributed by atoms with Gasteiger partial charge in [-0.3, -0.25) is 4.79 Å². The van der Waals surface area contributed by atoms with E-state index in [9.17, 15) is 4.79 Å². The van der Waals surface area contributed by atoms with Crippen molar-refractivity contribution in [2.75, 3.05) is 5.73 Å². The van der Waals surface area contributed by atoms with Crippen molar-refractivity contribution in [1.82, 2.24) is 45.5 Å². The van der Waals surface area contributed by atoms with E-state index < -0.39 is 5.91 Å². The minimum atomic E-state index is -0.569. The molecule has 31 heavy (non-hydrogen) atoms. The van der Waals surface area contributed by atoms with Gasteiger partial charge in [0.25, 0.3) is 5.91 Å². The summed E-state index contributed by atoms with van der Waals surface area (Å²) in [5.74, 6) is -0.192. The molecule has 0 radical (unpaired) electrons. The molecule has 15 heteroatoms. The maximum atomic E-state index is 12.7. The number of hydrogen-bond donors (Lipinski definition) is 2. The van der Waals surface area contributed by atoms with Gasteiger partial charge in [0.2, 0.25) is 11.6 Å². The highest BCUT2D eigenvalue weighted by Crippen LogP contribution is 2.24. The number of benzene rings is 1. The van der Waals surface area contributed by atoms with Crippen LogP contribution in [-0.4, -0.2) is 52.2 Å². The predicted octanol–water partition coefficient (Wildman–Crippen LogP) is 1.07. The minimum absolute atomic E-state index is 0.00234. The van der Waals surface area contributed by atoms with Gasteiger partial charge in [0.1, 0.15) is 6.33 Å². The molecular weight excluding hydrogens is 446 g/mol. The minimum Gasteiger partial charge on any atom is -0.378 e. The lowest BCUT2D eigenvalue weighted by atomic mass is 10.2. The average molecular weight is 460 g/mol. The topological polar surface area (TPSA) is 168 Å². The van der Waals surface area contributed by atoms with E-state index in [1.54, 1.807) is 42.2 Å². The first-order valence-electron chi connectivity index (χ1n) is 8.61. The normalized spacial score (nSPS) is 11.3. The van der Waals surface area contributed by atoms with E-state index in [0.717, 1.165) is 5.56 Å². The van der Waals surface area contributed by atoms with Gasteiger partial charge in [-0.05, 0) is 28.0 Å². The van der Waals surface area contributed by atoms with Gasteiger partial charge in [0, 0.05) is 17.8 Å². The molecule has 0 fully saturated rings. The summed E-state index contributed by atoms with van der Waals surface area (Å²) in [4.78, 5) is 12.7. The largest absolute Gasteiger partial charge is 0.378 e. The number of carbonyl (C=O) groups excluding carboxylic acids is 1. The second kappa shape index (κ2) is 8.93. The lowest BCUT2D eigenvalue weighted by molar-refractivity contribution is 0.0949. The second-order valence-corrected chi connectivity index (χ2v) is 7.41. The third-order valence-electron chi connectivity index (χ3n) is 3.93. The summed E-state index contributed by atoms with van der Waals surface area (Å²) in [6, 6.07) is 6.96. The van der Waals surface area contributed by atoms with Gasteiger partial charge < -0.3 is 10.3 Å². The van der Waals surface area contributed by atoms with Gasteiger partial charge >= 0.3 is 0 Å². The first kappa shape index (κ1) is 20.5. The molecule has 3 N–H and O–H groups in total. The van der Waals surface area contributed by atoms with Crippen molar-refractivity contribution in [3.8, 4) is 5.82 Å². The van der Waals surface area contributed by atoms with Gasteiger partial charge in [-0.2, -0.15) is 9.78 Å². The number of thioether (sulfide) groups is 1. The standard InChI is InChI=1S/C16H14ClN11O2S/c1-27-8-20-23-16(27)31-7-11-12(21-26-28(11)14-13(18)24-30-25-14)15(29)22-19-6-9-2-4-10(17)5-3-9/h2-6,8H,7H2,1H3,(H2,18,24)(H,22,29)/b19-6+. The lowest BCUT2D eigenvalue weighted by Gasteiger charge is -2.05. The van der Waals surface area contributed by atoms with Crippen molar-refractivity contribution in [2.45, 2.75) is 10.9 Å². The van der Waals surface area contributed by atoms with Crippen molar-refractivity contribution >= 4 is 41.3 Å². The SMILES string of the molecule is Cn1cnnc1SCc1c(C(=O)N/N=C/c2ccc(Cl)cc2)nnn1-c1nonc1N. The van der Waals surface area contributed by atoms with Crippen LogP contribution in [0.15, 0.2) is 45.5 Å². The van der Waals surface area contributed by atoms with E-state index in [4.69, 9.17) is 17.3 Å². The summed E-state index contributed by atoms with van der Waals surface area (Å²) in [6.07, 6.45) is 3.04. The molecule has 4 rings (SSSR count). The monoisotopic (exact) mass is 459 g/mol. The smallest absolute Gasteiger partial charge is 0.293 e. The molecule has 0 atom stereocenters. The average Bonchev–Trinajstić information content (AvgIpc) is 3.47. The first-order chi connectivity index (χ1) is 15.0. The Morgan fingerprint density at radius 1 is 1.32 bits per heavy atom. The Balaban J connectivity index is 1.57. The van der Waals surface area contributed by atoms with E-state index in [1.807, 2.05) is 0 Å². The number of nitrogens with one attached hydrogen (secondary N) is 1. The maximum Gasteiger partial charge on any atom is 0.293 e. The van der Waals surface area contributed by atoms with E-state index >= 15 is 0 Å². The van der Waals surface area contributed by atoms with Crippen LogP contribution < -0.4 is 11.2 Å². The molecule has 1 amide bonds. The van der Waals surface area contributed by atoms with Gasteiger partial charge in [-0.25, -0.2) is 10.1 Å². The summed E-state index contributed by atoms with van der Waals surface area (Å²) in [6.45, 7) is 0. The molecular formula is C16H14ClN11O2S. The van der Waals surface area contributed by atoms with Gasteiger partial charge in [-0.15, -0.1) is 15.3 Å². The second-order valence-electron chi connectivity index (χ2n) is 6.03. The third-order valence-corrected chi connectivity index (χ3v) is 5.23. The van der Waals surface area contributed by atoms with Crippen LogP contribution in [0.1, 0.15) is 21.7 Å². The Kier molecular flexibility index (Phi) is 5.90. The number of aryl methyl sites for hydroxylation is 1. The van der Waals surface area contributed by atoms with Crippen LogP contribution >= 0.6 is 23.4 Å². The van der Waals surface area contributed by atoms with Gasteiger partial charge in [0.15, 0.2) is 10.9 Å². The summed E-state index contributed by atoms with van der Waals surface area (Å²) >= 11 is 7.18. The number of aromatic nitrogens is 8. The van der Waals surface area contributed by atoms with E-state index in [-0.39, 0.29) is 23.1 Å². The number of rotatable bonds is 7. The van der Waals surface area contributed by atoms with Gasteiger partial charge in [-0.1, -0.05) is 40.7 Å². The highest BCUT2D eigenvalue weighted by molar-refractivity contribution is 7.98. The number of anilines is 1. The number of hydrogen-bond acceptors (Lipinski definition) is 11. The summed E-state index contributed by atoms with van der Waals surface area (Å²) in [5, 5.41) is 28.2. The number of halogens is 1. The molecule has 0 unspecified atom stereocenters. The molecule has 0 spiro atoms. The predicted molar refractivity (Wildman–Crippen MR) is 111 cm³/mol. The number of nitrogens with two attached hydrogens (primary N) is 1. The molecule has 13 nitrogen and oxygen atoms in total. The molecule has 0 aliphatic heterocycles. The van der Waals surface area contributed by atoms with E-state index in [1.165, 1.54) is 22.7 Å². The Morgan fingerprint density at radius 2 is 2.13 bits per heavy atom. The Hall–Kier alpha value is -3.78. The van der Waals surface area contributed by atoms with Crippen LogP contribution in [0.25, 0.3) is 5.82 Å². The van der Waals surface area contributed by atoms with Crippen LogP contribution in [0, 0.1) is 0 Å². The molecule has 0 saturated heterocycles. The highest BCUT2D eigenvalue weighted by Gasteiger charge is 2.24. The molecule has 4 aromatic rings. The van der Waals surface area contributed by atoms with Crippen molar-refractivity contribution in [3.63, 3.8) is 0 Å². The molecule has 3 aromatic heterocycles. The zero-order valence-electron chi connectivity index (χ0n) is 15.9. The highest BCUT2D eigenvalue weighted by atomic mass is 35.5. The Morgan fingerprint density at radius 3 is 2.81 bits per heavy atom. The van der Waals surface area contributed by atoms with Crippen molar-refractivity contribution < 1.29 is 9.42 Å². The van der Waals surface area contributed by atoms with Crippen molar-refractivity contribution in [1.29, 1.82) is 0 Å². The van der Waals surface area contributed by atoms with Crippen LogP contribution in [-0.2, 0) is 12.8 Å². The van der Waals surface area contributed by atoms with E-state index in [0.29, 0.717) is 15.9 Å². The molecule has 0 aliphatic rings. The summed E-state index contributed by atoms with van der Waals surface area (Å²) in [7, 11) is 1.80. The molecule has 3 heterocycles. The van der Waals surface area contributed by atoms with Crippen LogP contribution in [0.2, 0.25) is 5.02 Å². The molecule has 0 bridgehead atoms. The Labute approximate surface area is 183 Å². The summed E-state index contributed by atoms with van der Waals surface area (Å²) < 4.78 is 7.66. The molecule has 1 aromatic carbocycles. The fourth-order valence-corrected chi connectivity index (χ4v) is 3.43. The zero-order chi connectivity index (χ0) is 21.8. The van der Waals surface area contributed by atoms with Crippen LogP contribution in [0.4, 0.5) is 5.82 Å². The molecule has 0 saturated carbocycles. The number of nitrogens with zero attached hydrogens (tertiary/aromatic N) is 9. The number of hydrazone groups is 1. The lowest BCUT2D eigenvalue weighted by Crippen LogP contribution is -2.20. The van der Waals surface area contributed by atoms with Crippen molar-refractivity contribution in [2.24, 2.45) is 12.1 Å². The zero-order valence-corrected chi connectivity index (χ0v) is 17.4. The molecule has 0 aliphatic carbocycles. The number of nitrogen functional groups attached to an aromatic ring is 1. The fraction of sp³-hybridized carbons (Fsp3) is 0.125. The maximum absolute atomic E-state index is 12.7. The molecule has 158 valence electrons. The first-order valence-corrected chi connectivity index (χ1v) is 9.98. The fourth-order valence-electron chi connectivity index (χ4n) is 2.42.